The Kier molecular flexibility index (Phi) is 7.56. The molecule has 0 radical (unpaired) electrons. The van der Waals surface area contributed by atoms with Crippen LogP contribution in [0.4, 0.5) is 0 Å². The molecule has 1 N–H and O–H groups in total. The van der Waals surface area contributed by atoms with Gasteiger partial charge < -0.3 is 9.84 Å². The summed E-state index contributed by atoms with van der Waals surface area (Å²) in [5.41, 5.74) is 0.696. The van der Waals surface area contributed by atoms with Gasteiger partial charge in [-0.25, -0.2) is 0 Å². The van der Waals surface area contributed by atoms with Crippen LogP contribution in [-0.4, -0.2) is 47.1 Å². The van der Waals surface area contributed by atoms with Crippen molar-refractivity contribution in [2.45, 2.75) is 59.2 Å². The first-order chi connectivity index (χ1) is 10.3. The van der Waals surface area contributed by atoms with Crippen molar-refractivity contribution in [2.24, 2.45) is 0 Å². The number of rotatable bonds is 9. The van der Waals surface area contributed by atoms with Crippen LogP contribution >= 0.6 is 0 Å². The molecule has 1 atom stereocenters. The van der Waals surface area contributed by atoms with E-state index in [1.807, 2.05) is 6.92 Å². The lowest BCUT2D eigenvalue weighted by atomic mass is 10.1. The van der Waals surface area contributed by atoms with Crippen molar-refractivity contribution in [1.82, 2.24) is 4.90 Å². The Morgan fingerprint density at radius 3 is 2.14 bits per heavy atom. The topological polar surface area (TPSA) is 49.8 Å². The average Bonchev–Trinajstić information content (AvgIpc) is 2.49. The summed E-state index contributed by atoms with van der Waals surface area (Å²) < 4.78 is 5.61. The number of hydrogen-bond donors (Lipinski definition) is 1. The minimum atomic E-state index is -0.540. The van der Waals surface area contributed by atoms with Crippen molar-refractivity contribution in [3.63, 3.8) is 0 Å². The minimum absolute atomic E-state index is 0.121. The summed E-state index contributed by atoms with van der Waals surface area (Å²) in [4.78, 5) is 13.8. The number of carbonyl (C=O) groups is 1. The molecule has 4 heteroatoms. The highest BCUT2D eigenvalue weighted by Gasteiger charge is 2.18. The minimum Gasteiger partial charge on any atom is -0.491 e. The first-order valence-corrected chi connectivity index (χ1v) is 8.05. The molecule has 1 rings (SSSR count). The summed E-state index contributed by atoms with van der Waals surface area (Å²) in [6, 6.07) is 7.85. The molecule has 0 heterocycles. The molecule has 0 fully saturated rings. The van der Waals surface area contributed by atoms with E-state index in [9.17, 15) is 9.90 Å². The first-order valence-electron chi connectivity index (χ1n) is 8.05. The lowest BCUT2D eigenvalue weighted by molar-refractivity contribution is 0.0445. The number of nitrogens with zero attached hydrogens (tertiary/aromatic N) is 1. The van der Waals surface area contributed by atoms with Gasteiger partial charge in [0.1, 0.15) is 18.5 Å². The normalized spacial score (nSPS) is 13.0. The van der Waals surface area contributed by atoms with Gasteiger partial charge in [0.25, 0.3) is 0 Å². The lowest BCUT2D eigenvalue weighted by Gasteiger charge is -2.32. The number of Topliss-reactive ketones (excluding diaryl/α,β-unsaturated/α-hetero) is 1. The van der Waals surface area contributed by atoms with E-state index in [0.29, 0.717) is 36.4 Å². The molecule has 0 spiro atoms. The summed E-state index contributed by atoms with van der Waals surface area (Å²) in [6.07, 6.45) is -0.0409. The van der Waals surface area contributed by atoms with E-state index in [0.717, 1.165) is 0 Å². The molecule has 124 valence electrons. The van der Waals surface area contributed by atoms with Crippen LogP contribution in [0.5, 0.6) is 5.75 Å². The van der Waals surface area contributed by atoms with E-state index in [4.69, 9.17) is 4.74 Å². The lowest BCUT2D eigenvalue weighted by Crippen LogP contribution is -2.43. The quantitative estimate of drug-likeness (QED) is 0.712. The second-order valence-electron chi connectivity index (χ2n) is 6.15. The highest BCUT2D eigenvalue weighted by Crippen LogP contribution is 2.14. The Hall–Kier alpha value is -1.39. The zero-order valence-electron chi connectivity index (χ0n) is 14.4. The van der Waals surface area contributed by atoms with E-state index in [-0.39, 0.29) is 12.4 Å². The molecule has 4 nitrogen and oxygen atoms in total. The predicted octanol–water partition coefficient (Wildman–Crippen LogP) is 3.14. The van der Waals surface area contributed by atoms with Gasteiger partial charge in [-0.1, -0.05) is 6.92 Å². The van der Waals surface area contributed by atoms with Crippen LogP contribution in [-0.2, 0) is 0 Å². The molecule has 1 aromatic rings. The van der Waals surface area contributed by atoms with Gasteiger partial charge in [0.05, 0.1) is 0 Å². The molecule has 0 bridgehead atoms. The number of benzene rings is 1. The first kappa shape index (κ1) is 18.7. The number of ketones is 1. The van der Waals surface area contributed by atoms with Gasteiger partial charge in [0, 0.05) is 30.6 Å². The monoisotopic (exact) mass is 307 g/mol. The number of hydrogen-bond acceptors (Lipinski definition) is 4. The zero-order valence-corrected chi connectivity index (χ0v) is 14.4. The van der Waals surface area contributed by atoms with Crippen LogP contribution in [0.1, 0.15) is 51.4 Å². The van der Waals surface area contributed by atoms with Crippen LogP contribution in [0.2, 0.25) is 0 Å². The second-order valence-corrected chi connectivity index (χ2v) is 6.15. The SMILES string of the molecule is CCC(=O)c1ccc(OCC(O)CN(C(C)C)C(C)C)cc1. The van der Waals surface area contributed by atoms with Crippen molar-refractivity contribution in [3.05, 3.63) is 29.8 Å². The molecule has 1 unspecified atom stereocenters. The third kappa shape index (κ3) is 5.78. The van der Waals surface area contributed by atoms with Gasteiger partial charge in [-0.05, 0) is 52.0 Å². The van der Waals surface area contributed by atoms with Crippen LogP contribution in [0.15, 0.2) is 24.3 Å². The van der Waals surface area contributed by atoms with E-state index in [2.05, 4.69) is 32.6 Å². The standard InChI is InChI=1S/C18H29NO3/c1-6-18(21)15-7-9-17(10-8-15)22-12-16(20)11-19(13(2)3)14(4)5/h7-10,13-14,16,20H,6,11-12H2,1-5H3. The summed E-state index contributed by atoms with van der Waals surface area (Å²) in [5.74, 6) is 0.795. The van der Waals surface area contributed by atoms with E-state index < -0.39 is 6.10 Å². The fraction of sp³-hybridized carbons (Fsp3) is 0.611. The summed E-state index contributed by atoms with van der Waals surface area (Å²) in [6.45, 7) is 11.2. The third-order valence-electron chi connectivity index (χ3n) is 3.69. The van der Waals surface area contributed by atoms with E-state index in [1.54, 1.807) is 24.3 Å². The number of carbonyl (C=O) groups excluding carboxylic acids is 1. The zero-order chi connectivity index (χ0) is 16.7. The average molecular weight is 307 g/mol. The van der Waals surface area contributed by atoms with Gasteiger partial charge >= 0.3 is 0 Å². The fourth-order valence-electron chi connectivity index (χ4n) is 2.45. The van der Waals surface area contributed by atoms with Gasteiger partial charge in [-0.3, -0.25) is 9.69 Å². The summed E-state index contributed by atoms with van der Waals surface area (Å²) in [5, 5.41) is 10.1. The molecular formula is C18H29NO3. The Morgan fingerprint density at radius 2 is 1.68 bits per heavy atom. The maximum atomic E-state index is 11.6. The molecule has 0 aromatic heterocycles. The Bertz CT molecular complexity index is 446. The molecular weight excluding hydrogens is 278 g/mol. The number of aliphatic hydroxyl groups excluding tert-OH is 1. The van der Waals surface area contributed by atoms with Gasteiger partial charge in [0.15, 0.2) is 5.78 Å². The van der Waals surface area contributed by atoms with Crippen LogP contribution in [0.3, 0.4) is 0 Å². The Morgan fingerprint density at radius 1 is 1.14 bits per heavy atom. The van der Waals surface area contributed by atoms with E-state index in [1.165, 1.54) is 0 Å². The number of ether oxygens (including phenoxy) is 1. The van der Waals surface area contributed by atoms with Crippen molar-refractivity contribution in [3.8, 4) is 5.75 Å². The van der Waals surface area contributed by atoms with Crippen molar-refractivity contribution in [2.75, 3.05) is 13.2 Å². The van der Waals surface area contributed by atoms with Crippen LogP contribution in [0.25, 0.3) is 0 Å². The molecule has 0 aliphatic rings. The fourth-order valence-corrected chi connectivity index (χ4v) is 2.45. The van der Waals surface area contributed by atoms with Gasteiger partial charge in [-0.15, -0.1) is 0 Å². The highest BCUT2D eigenvalue weighted by atomic mass is 16.5. The molecule has 0 saturated heterocycles. The smallest absolute Gasteiger partial charge is 0.162 e. The largest absolute Gasteiger partial charge is 0.491 e. The number of aliphatic hydroxyl groups is 1. The maximum Gasteiger partial charge on any atom is 0.162 e. The summed E-state index contributed by atoms with van der Waals surface area (Å²) in [7, 11) is 0. The van der Waals surface area contributed by atoms with Gasteiger partial charge in [-0.2, -0.15) is 0 Å². The van der Waals surface area contributed by atoms with E-state index >= 15 is 0 Å². The molecule has 0 saturated carbocycles. The highest BCUT2D eigenvalue weighted by molar-refractivity contribution is 5.95. The Balaban J connectivity index is 2.50. The molecule has 22 heavy (non-hydrogen) atoms. The molecule has 0 amide bonds. The van der Waals surface area contributed by atoms with Gasteiger partial charge in [0.2, 0.25) is 0 Å². The van der Waals surface area contributed by atoms with Crippen LogP contribution in [0, 0.1) is 0 Å². The molecule has 0 aliphatic heterocycles. The summed E-state index contributed by atoms with van der Waals surface area (Å²) >= 11 is 0. The van der Waals surface area contributed by atoms with Crippen LogP contribution < -0.4 is 4.74 Å². The molecule has 0 aliphatic carbocycles. The molecule has 1 aromatic carbocycles. The van der Waals surface area contributed by atoms with Crippen molar-refractivity contribution < 1.29 is 14.6 Å². The predicted molar refractivity (Wildman–Crippen MR) is 89.5 cm³/mol. The maximum absolute atomic E-state index is 11.6. The van der Waals surface area contributed by atoms with Crippen molar-refractivity contribution in [1.29, 1.82) is 0 Å². The third-order valence-corrected chi connectivity index (χ3v) is 3.69. The second kappa shape index (κ2) is 8.91. The Labute approximate surface area is 134 Å². The van der Waals surface area contributed by atoms with Crippen molar-refractivity contribution >= 4 is 5.78 Å².